The number of hydrogen-bond donors (Lipinski definition) is 2. The van der Waals surface area contributed by atoms with Crippen molar-refractivity contribution in [1.29, 1.82) is 0 Å². The number of carbonyl (C=O) groups excluding carboxylic acids is 1. The number of carboxylic acids is 1. The maximum atomic E-state index is 12.6. The lowest BCUT2D eigenvalue weighted by atomic mass is 9.95. The summed E-state index contributed by atoms with van der Waals surface area (Å²) in [7, 11) is 0. The Bertz CT molecular complexity index is 596. The van der Waals surface area contributed by atoms with Crippen LogP contribution in [0.5, 0.6) is 0 Å². The van der Waals surface area contributed by atoms with E-state index >= 15 is 0 Å². The van der Waals surface area contributed by atoms with Crippen LogP contribution in [0.4, 0.5) is 13.2 Å². The van der Waals surface area contributed by atoms with Gasteiger partial charge < -0.3 is 10.4 Å². The molecule has 7 heteroatoms. The molecule has 0 bridgehead atoms. The Labute approximate surface area is 131 Å². The van der Waals surface area contributed by atoms with E-state index in [1.54, 1.807) is 0 Å². The first-order valence-electron chi connectivity index (χ1n) is 7.31. The van der Waals surface area contributed by atoms with Crippen LogP contribution in [0, 0.1) is 17.8 Å². The maximum Gasteiger partial charge on any atom is 0.416 e. The minimum Gasteiger partial charge on any atom is -0.481 e. The molecule has 126 valence electrons. The topological polar surface area (TPSA) is 66.4 Å². The molecule has 0 saturated heterocycles. The van der Waals surface area contributed by atoms with E-state index < -0.39 is 35.6 Å². The summed E-state index contributed by atoms with van der Waals surface area (Å²) in [6.45, 7) is 3.67. The van der Waals surface area contributed by atoms with E-state index in [1.807, 2.05) is 13.8 Å². The van der Waals surface area contributed by atoms with E-state index in [9.17, 15) is 22.8 Å². The highest BCUT2D eigenvalue weighted by atomic mass is 19.4. The van der Waals surface area contributed by atoms with E-state index in [0.29, 0.717) is 12.0 Å². The average Bonchev–Trinajstić information content (AvgIpc) is 3.24. The lowest BCUT2D eigenvalue weighted by Gasteiger charge is -2.23. The van der Waals surface area contributed by atoms with Gasteiger partial charge in [-0.25, -0.2) is 0 Å². The Kier molecular flexibility index (Phi) is 4.68. The van der Waals surface area contributed by atoms with Crippen molar-refractivity contribution in [3.8, 4) is 0 Å². The molecule has 4 nitrogen and oxygen atoms in total. The second-order valence-corrected chi connectivity index (χ2v) is 6.14. The zero-order valence-electron chi connectivity index (χ0n) is 12.7. The monoisotopic (exact) mass is 329 g/mol. The number of aliphatic carboxylic acids is 1. The van der Waals surface area contributed by atoms with Gasteiger partial charge in [0, 0.05) is 0 Å². The lowest BCUT2D eigenvalue weighted by molar-refractivity contribution is -0.140. The molecule has 1 aromatic carbocycles. The quantitative estimate of drug-likeness (QED) is 0.871. The SMILES string of the molecule is CC(C)C(NC(=O)C1CC1C(=O)O)c1ccc(C(F)(F)F)cc1. The number of benzene rings is 1. The van der Waals surface area contributed by atoms with Crippen molar-refractivity contribution < 1.29 is 27.9 Å². The molecule has 1 aromatic rings. The molecule has 1 aliphatic carbocycles. The van der Waals surface area contributed by atoms with Crippen molar-refractivity contribution in [2.45, 2.75) is 32.5 Å². The molecule has 1 amide bonds. The molecule has 0 aliphatic heterocycles. The highest BCUT2D eigenvalue weighted by molar-refractivity contribution is 5.89. The van der Waals surface area contributed by atoms with Crippen LogP contribution in [0.25, 0.3) is 0 Å². The van der Waals surface area contributed by atoms with Crippen molar-refractivity contribution in [3.05, 3.63) is 35.4 Å². The predicted octanol–water partition coefficient (Wildman–Crippen LogP) is 3.24. The van der Waals surface area contributed by atoms with Crippen LogP contribution in [-0.2, 0) is 15.8 Å². The zero-order chi connectivity index (χ0) is 17.4. The molecule has 23 heavy (non-hydrogen) atoms. The first kappa shape index (κ1) is 17.3. The molecule has 0 aromatic heterocycles. The number of halogens is 3. The predicted molar refractivity (Wildman–Crippen MR) is 76.4 cm³/mol. The molecular weight excluding hydrogens is 311 g/mol. The third kappa shape index (κ3) is 4.03. The molecule has 2 rings (SSSR count). The minimum absolute atomic E-state index is 0.0438. The highest BCUT2D eigenvalue weighted by Crippen LogP contribution is 2.39. The standard InChI is InChI=1S/C16H18F3NO3/c1-8(2)13(20-14(21)11-7-12(11)15(22)23)9-3-5-10(6-4-9)16(17,18)19/h3-6,8,11-13H,7H2,1-2H3,(H,20,21)(H,22,23). The number of alkyl halides is 3. The smallest absolute Gasteiger partial charge is 0.416 e. The fourth-order valence-corrected chi connectivity index (χ4v) is 2.53. The van der Waals surface area contributed by atoms with Gasteiger partial charge in [-0.2, -0.15) is 13.2 Å². The summed E-state index contributed by atoms with van der Waals surface area (Å²) in [5.74, 6) is -2.62. The number of rotatable bonds is 5. The van der Waals surface area contributed by atoms with E-state index in [4.69, 9.17) is 5.11 Å². The Balaban J connectivity index is 2.10. The van der Waals surface area contributed by atoms with E-state index in [1.165, 1.54) is 12.1 Å². The van der Waals surface area contributed by atoms with Gasteiger partial charge in [0.1, 0.15) is 0 Å². The van der Waals surface area contributed by atoms with Gasteiger partial charge in [-0.15, -0.1) is 0 Å². The molecule has 1 aliphatic rings. The van der Waals surface area contributed by atoms with Crippen molar-refractivity contribution in [3.63, 3.8) is 0 Å². The summed E-state index contributed by atoms with van der Waals surface area (Å²) in [6, 6.07) is 4.19. The number of nitrogens with one attached hydrogen (secondary N) is 1. The molecule has 1 saturated carbocycles. The zero-order valence-corrected chi connectivity index (χ0v) is 12.7. The van der Waals surface area contributed by atoms with E-state index in [-0.39, 0.29) is 11.8 Å². The van der Waals surface area contributed by atoms with Crippen LogP contribution < -0.4 is 5.32 Å². The Morgan fingerprint density at radius 3 is 2.13 bits per heavy atom. The molecule has 1 fully saturated rings. The molecule has 0 heterocycles. The van der Waals surface area contributed by atoms with Gasteiger partial charge in [0.2, 0.25) is 5.91 Å². The van der Waals surface area contributed by atoms with Crippen LogP contribution in [0.2, 0.25) is 0 Å². The van der Waals surface area contributed by atoms with Crippen molar-refractivity contribution in [1.82, 2.24) is 5.32 Å². The largest absolute Gasteiger partial charge is 0.481 e. The highest BCUT2D eigenvalue weighted by Gasteiger charge is 2.48. The van der Waals surface area contributed by atoms with Crippen molar-refractivity contribution in [2.75, 3.05) is 0 Å². The first-order valence-corrected chi connectivity index (χ1v) is 7.31. The van der Waals surface area contributed by atoms with Crippen LogP contribution in [0.1, 0.15) is 37.4 Å². The second kappa shape index (κ2) is 6.22. The number of amides is 1. The van der Waals surface area contributed by atoms with Crippen LogP contribution in [0.3, 0.4) is 0 Å². The number of carbonyl (C=O) groups is 2. The molecular formula is C16H18F3NO3. The Morgan fingerprint density at radius 2 is 1.74 bits per heavy atom. The van der Waals surface area contributed by atoms with Gasteiger partial charge in [-0.3, -0.25) is 9.59 Å². The third-order valence-electron chi connectivity index (χ3n) is 4.01. The molecule has 0 spiro atoms. The van der Waals surface area contributed by atoms with Crippen molar-refractivity contribution >= 4 is 11.9 Å². The van der Waals surface area contributed by atoms with Gasteiger partial charge in [-0.1, -0.05) is 26.0 Å². The van der Waals surface area contributed by atoms with Gasteiger partial charge in [0.05, 0.1) is 23.4 Å². The summed E-state index contributed by atoms with van der Waals surface area (Å²) >= 11 is 0. The normalized spacial score (nSPS) is 21.8. The van der Waals surface area contributed by atoms with Crippen LogP contribution >= 0.6 is 0 Å². The summed E-state index contributed by atoms with van der Waals surface area (Å²) in [5.41, 5.74) is -0.183. The summed E-state index contributed by atoms with van der Waals surface area (Å²) in [5, 5.41) is 11.6. The van der Waals surface area contributed by atoms with Gasteiger partial charge in [0.15, 0.2) is 0 Å². The van der Waals surface area contributed by atoms with E-state index in [2.05, 4.69) is 5.32 Å². The second-order valence-electron chi connectivity index (χ2n) is 6.14. The molecule has 3 atom stereocenters. The summed E-state index contributed by atoms with van der Waals surface area (Å²) in [6.07, 6.45) is -4.10. The molecule has 0 radical (unpaired) electrons. The lowest BCUT2D eigenvalue weighted by Crippen LogP contribution is -2.33. The van der Waals surface area contributed by atoms with E-state index in [0.717, 1.165) is 12.1 Å². The first-order chi connectivity index (χ1) is 10.6. The Hall–Kier alpha value is -2.05. The number of carboxylic acid groups (broad SMARTS) is 1. The maximum absolute atomic E-state index is 12.6. The molecule has 3 unspecified atom stereocenters. The summed E-state index contributed by atoms with van der Waals surface area (Å²) in [4.78, 5) is 22.9. The number of hydrogen-bond acceptors (Lipinski definition) is 2. The average molecular weight is 329 g/mol. The van der Waals surface area contributed by atoms with Gasteiger partial charge in [0.25, 0.3) is 0 Å². The van der Waals surface area contributed by atoms with Gasteiger partial charge in [-0.05, 0) is 30.0 Å². The fourth-order valence-electron chi connectivity index (χ4n) is 2.53. The van der Waals surface area contributed by atoms with Gasteiger partial charge >= 0.3 is 12.1 Å². The minimum atomic E-state index is -4.40. The third-order valence-corrected chi connectivity index (χ3v) is 4.01. The van der Waals surface area contributed by atoms with Crippen LogP contribution in [-0.4, -0.2) is 17.0 Å². The van der Waals surface area contributed by atoms with Crippen molar-refractivity contribution in [2.24, 2.45) is 17.8 Å². The Morgan fingerprint density at radius 1 is 1.17 bits per heavy atom. The molecule has 2 N–H and O–H groups in total. The fraction of sp³-hybridized carbons (Fsp3) is 0.500. The summed E-state index contributed by atoms with van der Waals surface area (Å²) < 4.78 is 37.8. The van der Waals surface area contributed by atoms with Crippen LogP contribution in [0.15, 0.2) is 24.3 Å².